The molecule has 1 heterocycles. The number of nitrogens with one attached hydrogen (secondary N) is 2. The van der Waals surface area contributed by atoms with Crippen molar-refractivity contribution < 1.29 is 13.2 Å². The van der Waals surface area contributed by atoms with Crippen LogP contribution in [0, 0.1) is 0 Å². The van der Waals surface area contributed by atoms with E-state index in [2.05, 4.69) is 15.6 Å². The van der Waals surface area contributed by atoms with Gasteiger partial charge < -0.3 is 10.6 Å². The lowest BCUT2D eigenvalue weighted by atomic mass is 10.2. The minimum atomic E-state index is -3.69. The van der Waals surface area contributed by atoms with Crippen LogP contribution in [-0.4, -0.2) is 25.9 Å². The Bertz CT molecular complexity index is 697. The van der Waals surface area contributed by atoms with Gasteiger partial charge in [0.1, 0.15) is 0 Å². The van der Waals surface area contributed by atoms with Gasteiger partial charge in [0.15, 0.2) is 5.13 Å². The standard InChI is InChI=1S/C12H14N4O3S2/c13-21(18,19)10-3-1-9(2-4-10)7-15-11(17)8-16-12-14-5-6-20-12/h1-6H,7-8H2,(H,14,16)(H,15,17)(H2,13,18,19). The molecule has 0 bridgehead atoms. The molecule has 0 atom stereocenters. The van der Waals surface area contributed by atoms with E-state index in [4.69, 9.17) is 5.14 Å². The minimum Gasteiger partial charge on any atom is -0.352 e. The molecule has 0 saturated heterocycles. The summed E-state index contributed by atoms with van der Waals surface area (Å²) in [6.45, 7) is 0.437. The molecule has 1 aromatic heterocycles. The van der Waals surface area contributed by atoms with E-state index < -0.39 is 10.0 Å². The molecule has 1 aromatic carbocycles. The first-order chi connectivity index (χ1) is 9.95. The van der Waals surface area contributed by atoms with E-state index >= 15 is 0 Å². The first-order valence-corrected chi connectivity index (χ1v) is 8.39. The highest BCUT2D eigenvalue weighted by molar-refractivity contribution is 7.89. The van der Waals surface area contributed by atoms with Gasteiger partial charge in [0.25, 0.3) is 0 Å². The van der Waals surface area contributed by atoms with E-state index in [-0.39, 0.29) is 17.3 Å². The fraction of sp³-hybridized carbons (Fsp3) is 0.167. The van der Waals surface area contributed by atoms with Crippen LogP contribution < -0.4 is 15.8 Å². The molecule has 4 N–H and O–H groups in total. The van der Waals surface area contributed by atoms with Gasteiger partial charge in [-0.25, -0.2) is 18.5 Å². The number of rotatable bonds is 6. The molecular formula is C12H14N4O3S2. The normalized spacial score (nSPS) is 11.1. The molecule has 2 aromatic rings. The van der Waals surface area contributed by atoms with Crippen molar-refractivity contribution in [3.8, 4) is 0 Å². The summed E-state index contributed by atoms with van der Waals surface area (Å²) in [5.41, 5.74) is 0.782. The fourth-order valence-corrected chi connectivity index (χ4v) is 2.57. The molecule has 9 heteroatoms. The van der Waals surface area contributed by atoms with E-state index in [1.807, 2.05) is 5.38 Å². The zero-order valence-corrected chi connectivity index (χ0v) is 12.6. The first kappa shape index (κ1) is 15.4. The summed E-state index contributed by atoms with van der Waals surface area (Å²) in [7, 11) is -3.69. The lowest BCUT2D eigenvalue weighted by Gasteiger charge is -2.06. The van der Waals surface area contributed by atoms with Gasteiger partial charge in [0.2, 0.25) is 15.9 Å². The van der Waals surface area contributed by atoms with E-state index in [1.165, 1.54) is 23.5 Å². The fourth-order valence-electron chi connectivity index (χ4n) is 1.53. The van der Waals surface area contributed by atoms with Crippen molar-refractivity contribution in [3.05, 3.63) is 41.4 Å². The second-order valence-corrected chi connectivity index (χ2v) is 6.61. The molecule has 2 rings (SSSR count). The third-order valence-electron chi connectivity index (χ3n) is 2.57. The maximum atomic E-state index is 11.6. The molecule has 1 amide bonds. The molecule has 0 fully saturated rings. The maximum Gasteiger partial charge on any atom is 0.239 e. The third-order valence-corrected chi connectivity index (χ3v) is 4.23. The van der Waals surface area contributed by atoms with E-state index in [0.717, 1.165) is 5.56 Å². The Labute approximate surface area is 126 Å². The molecule has 0 radical (unpaired) electrons. The summed E-state index contributed by atoms with van der Waals surface area (Å²) < 4.78 is 22.2. The van der Waals surface area contributed by atoms with Gasteiger partial charge in [0.05, 0.1) is 11.4 Å². The average molecular weight is 326 g/mol. The highest BCUT2D eigenvalue weighted by atomic mass is 32.2. The van der Waals surface area contributed by atoms with E-state index in [1.54, 1.807) is 18.3 Å². The molecule has 21 heavy (non-hydrogen) atoms. The summed E-state index contributed by atoms with van der Waals surface area (Å²) in [6, 6.07) is 6.03. The largest absolute Gasteiger partial charge is 0.352 e. The number of benzene rings is 1. The van der Waals surface area contributed by atoms with Gasteiger partial charge in [-0.2, -0.15) is 0 Å². The van der Waals surface area contributed by atoms with Gasteiger partial charge >= 0.3 is 0 Å². The van der Waals surface area contributed by atoms with Crippen molar-refractivity contribution >= 4 is 32.4 Å². The molecule has 0 unspecified atom stereocenters. The maximum absolute atomic E-state index is 11.6. The molecule has 0 aliphatic heterocycles. The van der Waals surface area contributed by atoms with E-state index in [0.29, 0.717) is 11.7 Å². The lowest BCUT2D eigenvalue weighted by molar-refractivity contribution is -0.119. The predicted molar refractivity (Wildman–Crippen MR) is 80.3 cm³/mol. The Balaban J connectivity index is 1.81. The number of amides is 1. The van der Waals surface area contributed by atoms with Gasteiger partial charge in [-0.05, 0) is 17.7 Å². The molecule has 7 nitrogen and oxygen atoms in total. The van der Waals surface area contributed by atoms with Gasteiger partial charge in [-0.1, -0.05) is 12.1 Å². The zero-order chi connectivity index (χ0) is 15.3. The number of hydrogen-bond donors (Lipinski definition) is 3. The third kappa shape index (κ3) is 4.81. The van der Waals surface area contributed by atoms with Crippen LogP contribution in [0.25, 0.3) is 0 Å². The highest BCUT2D eigenvalue weighted by Crippen LogP contribution is 2.10. The van der Waals surface area contributed by atoms with Crippen LogP contribution in [0.15, 0.2) is 40.7 Å². The van der Waals surface area contributed by atoms with Crippen LogP contribution in [-0.2, 0) is 21.4 Å². The second-order valence-electron chi connectivity index (χ2n) is 4.16. The van der Waals surface area contributed by atoms with Gasteiger partial charge in [0, 0.05) is 18.1 Å². The first-order valence-electron chi connectivity index (χ1n) is 5.97. The molecule has 0 aliphatic rings. The molecule has 112 valence electrons. The number of carbonyl (C=O) groups is 1. The highest BCUT2D eigenvalue weighted by Gasteiger charge is 2.07. The van der Waals surface area contributed by atoms with Crippen LogP contribution in [0.4, 0.5) is 5.13 Å². The Morgan fingerprint density at radius 1 is 1.29 bits per heavy atom. The second kappa shape index (κ2) is 6.66. The van der Waals surface area contributed by atoms with Crippen LogP contribution in [0.5, 0.6) is 0 Å². The number of anilines is 1. The Morgan fingerprint density at radius 3 is 2.57 bits per heavy atom. The quantitative estimate of drug-likeness (QED) is 0.716. The topological polar surface area (TPSA) is 114 Å². The zero-order valence-electron chi connectivity index (χ0n) is 10.9. The van der Waals surface area contributed by atoms with Gasteiger partial charge in [-0.3, -0.25) is 4.79 Å². The number of hydrogen-bond acceptors (Lipinski definition) is 6. The monoisotopic (exact) mass is 326 g/mol. The van der Waals surface area contributed by atoms with Crippen LogP contribution >= 0.6 is 11.3 Å². The summed E-state index contributed by atoms with van der Waals surface area (Å²) >= 11 is 1.41. The molecular weight excluding hydrogens is 312 g/mol. The lowest BCUT2D eigenvalue weighted by Crippen LogP contribution is -2.29. The van der Waals surface area contributed by atoms with Crippen LogP contribution in [0.1, 0.15) is 5.56 Å². The number of aromatic nitrogens is 1. The van der Waals surface area contributed by atoms with Crippen molar-refractivity contribution in [3.63, 3.8) is 0 Å². The van der Waals surface area contributed by atoms with Crippen molar-refractivity contribution in [1.82, 2.24) is 10.3 Å². The smallest absolute Gasteiger partial charge is 0.239 e. The Morgan fingerprint density at radius 2 is 2.00 bits per heavy atom. The summed E-state index contributed by atoms with van der Waals surface area (Å²) in [4.78, 5) is 15.7. The van der Waals surface area contributed by atoms with Crippen molar-refractivity contribution in [2.45, 2.75) is 11.4 Å². The van der Waals surface area contributed by atoms with Crippen molar-refractivity contribution in [2.24, 2.45) is 5.14 Å². The summed E-state index contributed by atoms with van der Waals surface area (Å²) in [6.07, 6.45) is 1.65. The number of sulfonamides is 1. The average Bonchev–Trinajstić information content (AvgIpc) is 2.95. The SMILES string of the molecule is NS(=O)(=O)c1ccc(CNC(=O)CNc2nccs2)cc1. The Hall–Kier alpha value is -1.97. The number of nitrogens with zero attached hydrogens (tertiary/aromatic N) is 1. The minimum absolute atomic E-state index is 0.0445. The summed E-state index contributed by atoms with van der Waals surface area (Å²) in [5.74, 6) is -0.180. The van der Waals surface area contributed by atoms with Crippen LogP contribution in [0.3, 0.4) is 0 Å². The number of primary sulfonamides is 1. The predicted octanol–water partition coefficient (Wildman–Crippen LogP) is 0.519. The summed E-state index contributed by atoms with van der Waals surface area (Å²) in [5, 5.41) is 13.1. The van der Waals surface area contributed by atoms with Crippen molar-refractivity contribution in [1.29, 1.82) is 0 Å². The number of nitrogens with two attached hydrogens (primary N) is 1. The number of thiazole rings is 1. The molecule has 0 saturated carbocycles. The molecule has 0 spiro atoms. The van der Waals surface area contributed by atoms with Gasteiger partial charge in [-0.15, -0.1) is 11.3 Å². The number of carbonyl (C=O) groups excluding carboxylic acids is 1. The van der Waals surface area contributed by atoms with Crippen LogP contribution in [0.2, 0.25) is 0 Å². The molecule has 0 aliphatic carbocycles. The Kier molecular flexibility index (Phi) is 4.89. The van der Waals surface area contributed by atoms with E-state index in [9.17, 15) is 13.2 Å². The van der Waals surface area contributed by atoms with Crippen molar-refractivity contribution in [2.75, 3.05) is 11.9 Å².